The summed E-state index contributed by atoms with van der Waals surface area (Å²) in [6, 6.07) is 1.02. The van der Waals surface area contributed by atoms with Gasteiger partial charge in [-0.15, -0.1) is 0 Å². The Morgan fingerprint density at radius 3 is 2.84 bits per heavy atom. The van der Waals surface area contributed by atoms with E-state index in [2.05, 4.69) is 49.0 Å². The van der Waals surface area contributed by atoms with Gasteiger partial charge < -0.3 is 5.32 Å². The maximum absolute atomic E-state index is 4.61. The monoisotopic (exact) mass is 263 g/mol. The Hall–Kier alpha value is -0.830. The first-order chi connectivity index (χ1) is 9.11. The van der Waals surface area contributed by atoms with Gasteiger partial charge in [0.1, 0.15) is 0 Å². The Kier molecular flexibility index (Phi) is 5.03. The van der Waals surface area contributed by atoms with Crippen molar-refractivity contribution in [3.8, 4) is 0 Å². The first-order valence-electron chi connectivity index (χ1n) is 7.89. The third kappa shape index (κ3) is 3.59. The molecular weight excluding hydrogens is 234 g/mol. The summed E-state index contributed by atoms with van der Waals surface area (Å²) in [4.78, 5) is 0. The second-order valence-corrected chi connectivity index (χ2v) is 6.35. The zero-order valence-electron chi connectivity index (χ0n) is 12.9. The number of rotatable bonds is 5. The molecule has 4 atom stereocenters. The number of hydrogen-bond acceptors (Lipinski definition) is 2. The van der Waals surface area contributed by atoms with E-state index in [0.29, 0.717) is 12.1 Å². The largest absolute Gasteiger partial charge is 0.310 e. The second-order valence-electron chi connectivity index (χ2n) is 6.35. The molecule has 0 bridgehead atoms. The summed E-state index contributed by atoms with van der Waals surface area (Å²) in [5.41, 5.74) is 1.32. The predicted octanol–water partition coefficient (Wildman–Crippen LogP) is 3.94. The van der Waals surface area contributed by atoms with Crippen molar-refractivity contribution in [1.29, 1.82) is 0 Å². The Morgan fingerprint density at radius 1 is 1.37 bits per heavy atom. The van der Waals surface area contributed by atoms with Crippen molar-refractivity contribution in [1.82, 2.24) is 15.1 Å². The first kappa shape index (κ1) is 14.6. The van der Waals surface area contributed by atoms with Crippen molar-refractivity contribution < 1.29 is 0 Å². The van der Waals surface area contributed by atoms with Crippen LogP contribution in [0.5, 0.6) is 0 Å². The van der Waals surface area contributed by atoms with Gasteiger partial charge in [0, 0.05) is 17.8 Å². The lowest BCUT2D eigenvalue weighted by Crippen LogP contribution is -2.23. The number of nitrogens with zero attached hydrogens (tertiary/aromatic N) is 2. The first-order valence-corrected chi connectivity index (χ1v) is 7.89. The van der Waals surface area contributed by atoms with Crippen molar-refractivity contribution in [2.75, 3.05) is 6.54 Å². The quantitative estimate of drug-likeness (QED) is 0.872. The highest BCUT2D eigenvalue weighted by molar-refractivity contribution is 5.09. The fourth-order valence-corrected chi connectivity index (χ4v) is 3.01. The molecule has 4 unspecified atom stereocenters. The second kappa shape index (κ2) is 6.56. The highest BCUT2D eigenvalue weighted by Gasteiger charge is 2.26. The van der Waals surface area contributed by atoms with Crippen LogP contribution in [0, 0.1) is 11.8 Å². The average molecular weight is 263 g/mol. The Morgan fingerprint density at radius 2 is 2.16 bits per heavy atom. The summed E-state index contributed by atoms with van der Waals surface area (Å²) in [6.45, 7) is 10.3. The normalized spacial score (nSPS) is 29.4. The van der Waals surface area contributed by atoms with Crippen LogP contribution in [0.3, 0.4) is 0 Å². The van der Waals surface area contributed by atoms with Gasteiger partial charge in [-0.1, -0.05) is 20.8 Å². The molecule has 0 spiro atoms. The zero-order valence-corrected chi connectivity index (χ0v) is 12.9. The Balaban J connectivity index is 1.97. The van der Waals surface area contributed by atoms with E-state index in [4.69, 9.17) is 0 Å². The van der Waals surface area contributed by atoms with E-state index < -0.39 is 0 Å². The minimum atomic E-state index is 0.411. The van der Waals surface area contributed by atoms with Gasteiger partial charge in [0.2, 0.25) is 0 Å². The van der Waals surface area contributed by atoms with Crippen molar-refractivity contribution in [2.45, 2.75) is 65.5 Å². The number of aromatic nitrogens is 2. The van der Waals surface area contributed by atoms with E-state index in [-0.39, 0.29) is 0 Å². The predicted molar refractivity (Wildman–Crippen MR) is 80.2 cm³/mol. The summed E-state index contributed by atoms with van der Waals surface area (Å²) in [5, 5.41) is 8.13. The minimum Gasteiger partial charge on any atom is -0.310 e. The summed E-state index contributed by atoms with van der Waals surface area (Å²) in [7, 11) is 0. The molecule has 0 saturated heterocycles. The van der Waals surface area contributed by atoms with Crippen LogP contribution in [-0.2, 0) is 0 Å². The highest BCUT2D eigenvalue weighted by Crippen LogP contribution is 2.36. The smallest absolute Gasteiger partial charge is 0.0537 e. The van der Waals surface area contributed by atoms with Crippen molar-refractivity contribution >= 4 is 0 Å². The van der Waals surface area contributed by atoms with E-state index in [1.54, 1.807) is 0 Å². The van der Waals surface area contributed by atoms with E-state index >= 15 is 0 Å². The highest BCUT2D eigenvalue weighted by atomic mass is 15.3. The van der Waals surface area contributed by atoms with Gasteiger partial charge >= 0.3 is 0 Å². The summed E-state index contributed by atoms with van der Waals surface area (Å²) in [6.07, 6.45) is 9.36. The molecule has 3 nitrogen and oxygen atoms in total. The Bertz CT molecular complexity index is 385. The fraction of sp³-hybridized carbons (Fsp3) is 0.812. The maximum Gasteiger partial charge on any atom is 0.0537 e. The molecule has 1 saturated carbocycles. The van der Waals surface area contributed by atoms with E-state index in [0.717, 1.165) is 18.4 Å². The van der Waals surface area contributed by atoms with Crippen LogP contribution >= 0.6 is 0 Å². The topological polar surface area (TPSA) is 29.9 Å². The number of hydrogen-bond donors (Lipinski definition) is 1. The average Bonchev–Trinajstić information content (AvgIpc) is 2.89. The lowest BCUT2D eigenvalue weighted by Gasteiger charge is -2.32. The van der Waals surface area contributed by atoms with Gasteiger partial charge in [-0.25, -0.2) is 0 Å². The molecule has 0 amide bonds. The van der Waals surface area contributed by atoms with Crippen molar-refractivity contribution in [3.63, 3.8) is 0 Å². The zero-order chi connectivity index (χ0) is 13.8. The number of nitrogens with one attached hydrogen (secondary N) is 1. The molecule has 0 aromatic carbocycles. The van der Waals surface area contributed by atoms with Gasteiger partial charge in [-0.2, -0.15) is 5.10 Å². The van der Waals surface area contributed by atoms with Gasteiger partial charge in [0.05, 0.1) is 12.2 Å². The molecule has 19 heavy (non-hydrogen) atoms. The molecule has 108 valence electrons. The molecule has 1 aliphatic rings. The lowest BCUT2D eigenvalue weighted by molar-refractivity contribution is 0.201. The standard InChI is InChI=1S/C16H29N3/c1-5-8-17-14(4)15-10-18-19(11-15)16-7-6-12(2)13(3)9-16/h10-14,16-17H,5-9H2,1-4H3. The molecule has 1 aliphatic carbocycles. The summed E-state index contributed by atoms with van der Waals surface area (Å²) in [5.74, 6) is 1.69. The third-order valence-corrected chi connectivity index (χ3v) is 4.77. The molecule has 1 aromatic heterocycles. The molecule has 1 N–H and O–H groups in total. The fourth-order valence-electron chi connectivity index (χ4n) is 3.01. The molecular formula is C16H29N3. The Labute approximate surface area is 117 Å². The van der Waals surface area contributed by atoms with Gasteiger partial charge in [0.15, 0.2) is 0 Å². The van der Waals surface area contributed by atoms with Gasteiger partial charge in [-0.05, 0) is 51.0 Å². The molecule has 0 aliphatic heterocycles. The van der Waals surface area contributed by atoms with Crippen molar-refractivity contribution in [2.24, 2.45) is 11.8 Å². The van der Waals surface area contributed by atoms with Crippen LogP contribution in [-0.4, -0.2) is 16.3 Å². The molecule has 0 radical (unpaired) electrons. The van der Waals surface area contributed by atoms with E-state index in [9.17, 15) is 0 Å². The molecule has 1 heterocycles. The van der Waals surface area contributed by atoms with E-state index in [1.165, 1.54) is 31.2 Å². The van der Waals surface area contributed by atoms with Crippen molar-refractivity contribution in [3.05, 3.63) is 18.0 Å². The van der Waals surface area contributed by atoms with E-state index in [1.807, 2.05) is 6.20 Å². The van der Waals surface area contributed by atoms with Crippen LogP contribution in [0.1, 0.15) is 71.0 Å². The maximum atomic E-state index is 4.61. The molecule has 1 fully saturated rings. The third-order valence-electron chi connectivity index (χ3n) is 4.77. The molecule has 2 rings (SSSR count). The SMILES string of the molecule is CCCNC(C)c1cnn(C2CCC(C)C(C)C2)c1. The van der Waals surface area contributed by atoms with Gasteiger partial charge in [-0.3, -0.25) is 4.68 Å². The van der Waals surface area contributed by atoms with Crippen LogP contribution in [0.15, 0.2) is 12.4 Å². The lowest BCUT2D eigenvalue weighted by atomic mass is 9.79. The summed E-state index contributed by atoms with van der Waals surface area (Å²) < 4.78 is 2.21. The van der Waals surface area contributed by atoms with Crippen LogP contribution in [0.2, 0.25) is 0 Å². The van der Waals surface area contributed by atoms with Crippen LogP contribution in [0.4, 0.5) is 0 Å². The van der Waals surface area contributed by atoms with Gasteiger partial charge in [0.25, 0.3) is 0 Å². The molecule has 3 heteroatoms. The molecule has 1 aromatic rings. The van der Waals surface area contributed by atoms with Crippen LogP contribution in [0.25, 0.3) is 0 Å². The summed E-state index contributed by atoms with van der Waals surface area (Å²) >= 11 is 0. The minimum absolute atomic E-state index is 0.411. The van der Waals surface area contributed by atoms with Crippen LogP contribution < -0.4 is 5.32 Å².